The lowest BCUT2D eigenvalue weighted by Gasteiger charge is -2.24. The van der Waals surface area contributed by atoms with Crippen LogP contribution in [-0.4, -0.2) is 23.1 Å². The van der Waals surface area contributed by atoms with E-state index in [2.05, 4.69) is 43.3 Å². The Labute approximate surface area is 109 Å². The minimum Gasteiger partial charge on any atom is -0.311 e. The molecule has 0 aromatic carbocycles. The molecule has 17 heavy (non-hydrogen) atoms. The van der Waals surface area contributed by atoms with E-state index >= 15 is 0 Å². The van der Waals surface area contributed by atoms with Gasteiger partial charge in [0, 0.05) is 37.1 Å². The number of rotatable bonds is 5. The maximum Gasteiger partial charge on any atom is 0.0634 e. The first kappa shape index (κ1) is 14.4. The Morgan fingerprint density at radius 1 is 1.41 bits per heavy atom. The van der Waals surface area contributed by atoms with Crippen molar-refractivity contribution in [2.24, 2.45) is 0 Å². The molecule has 0 aliphatic heterocycles. The van der Waals surface area contributed by atoms with Crippen molar-refractivity contribution in [2.75, 3.05) is 6.54 Å². The highest BCUT2D eigenvalue weighted by Gasteiger charge is 2.10. The van der Waals surface area contributed by atoms with E-state index in [0.717, 1.165) is 23.7 Å². The second-order valence-electron chi connectivity index (χ2n) is 5.38. The summed E-state index contributed by atoms with van der Waals surface area (Å²) < 4.78 is 0. The van der Waals surface area contributed by atoms with E-state index in [1.165, 1.54) is 0 Å². The fourth-order valence-corrected chi connectivity index (χ4v) is 1.55. The number of pyridine rings is 1. The van der Waals surface area contributed by atoms with Crippen LogP contribution in [-0.2, 0) is 6.54 Å². The Hall–Kier alpha value is -0.640. The second kappa shape index (κ2) is 6.34. The lowest BCUT2D eigenvalue weighted by Crippen LogP contribution is -2.44. The first-order chi connectivity index (χ1) is 7.88. The third-order valence-corrected chi connectivity index (χ3v) is 2.78. The van der Waals surface area contributed by atoms with Crippen LogP contribution in [0.15, 0.2) is 18.5 Å². The minimum absolute atomic E-state index is 0.157. The van der Waals surface area contributed by atoms with E-state index in [1.807, 2.05) is 6.07 Å². The summed E-state index contributed by atoms with van der Waals surface area (Å²) in [5.41, 5.74) is 1.24. The highest BCUT2D eigenvalue weighted by Crippen LogP contribution is 2.12. The molecule has 1 heterocycles. The van der Waals surface area contributed by atoms with E-state index in [1.54, 1.807) is 12.4 Å². The molecule has 1 rings (SSSR count). The van der Waals surface area contributed by atoms with Gasteiger partial charge in [-0.2, -0.15) is 0 Å². The van der Waals surface area contributed by atoms with Gasteiger partial charge in [-0.15, -0.1) is 0 Å². The summed E-state index contributed by atoms with van der Waals surface area (Å²) in [4.78, 5) is 3.97. The molecule has 0 aliphatic rings. The molecule has 1 atom stereocenters. The smallest absolute Gasteiger partial charge is 0.0634 e. The summed E-state index contributed by atoms with van der Waals surface area (Å²) in [5, 5.41) is 7.62. The molecule has 2 N–H and O–H groups in total. The number of aromatic nitrogens is 1. The molecule has 0 aliphatic carbocycles. The van der Waals surface area contributed by atoms with E-state index in [0.29, 0.717) is 6.04 Å². The molecule has 96 valence electrons. The van der Waals surface area contributed by atoms with E-state index < -0.39 is 0 Å². The lowest BCUT2D eigenvalue weighted by molar-refractivity contribution is 0.387. The molecule has 0 amide bonds. The van der Waals surface area contributed by atoms with Gasteiger partial charge < -0.3 is 10.6 Å². The summed E-state index contributed by atoms with van der Waals surface area (Å²) in [6.45, 7) is 10.4. The van der Waals surface area contributed by atoms with Gasteiger partial charge in [-0.25, -0.2) is 0 Å². The van der Waals surface area contributed by atoms with Crippen molar-refractivity contribution in [3.63, 3.8) is 0 Å². The van der Waals surface area contributed by atoms with Crippen LogP contribution in [0.1, 0.15) is 33.3 Å². The average molecular weight is 256 g/mol. The summed E-state index contributed by atoms with van der Waals surface area (Å²) >= 11 is 6.04. The normalized spacial score (nSPS) is 13.7. The third-order valence-electron chi connectivity index (χ3n) is 2.44. The van der Waals surface area contributed by atoms with Gasteiger partial charge in [-0.05, 0) is 39.3 Å². The van der Waals surface area contributed by atoms with Gasteiger partial charge in [0.2, 0.25) is 0 Å². The molecular formula is C13H22ClN3. The van der Waals surface area contributed by atoms with E-state index in [-0.39, 0.29) is 5.54 Å². The topological polar surface area (TPSA) is 37.0 Å². The van der Waals surface area contributed by atoms with Crippen LogP contribution in [0.4, 0.5) is 0 Å². The van der Waals surface area contributed by atoms with Gasteiger partial charge >= 0.3 is 0 Å². The van der Waals surface area contributed by atoms with Crippen molar-refractivity contribution in [1.82, 2.24) is 15.6 Å². The van der Waals surface area contributed by atoms with E-state index in [9.17, 15) is 0 Å². The zero-order chi connectivity index (χ0) is 12.9. The largest absolute Gasteiger partial charge is 0.311 e. The molecule has 1 aromatic rings. The lowest BCUT2D eigenvalue weighted by atomic mass is 10.1. The Kier molecular flexibility index (Phi) is 5.37. The van der Waals surface area contributed by atoms with Gasteiger partial charge in [0.25, 0.3) is 0 Å². The van der Waals surface area contributed by atoms with Crippen molar-refractivity contribution in [1.29, 1.82) is 0 Å². The fraction of sp³-hybridized carbons (Fsp3) is 0.615. The molecule has 4 heteroatoms. The number of halogens is 1. The van der Waals surface area contributed by atoms with Crippen LogP contribution in [0.2, 0.25) is 5.02 Å². The molecule has 0 saturated heterocycles. The zero-order valence-corrected chi connectivity index (χ0v) is 11.8. The van der Waals surface area contributed by atoms with Crippen LogP contribution in [0.3, 0.4) is 0 Å². The van der Waals surface area contributed by atoms with Gasteiger partial charge in [-0.1, -0.05) is 11.6 Å². The monoisotopic (exact) mass is 255 g/mol. The van der Waals surface area contributed by atoms with E-state index in [4.69, 9.17) is 11.6 Å². The van der Waals surface area contributed by atoms with Crippen LogP contribution in [0.5, 0.6) is 0 Å². The molecule has 0 fully saturated rings. The van der Waals surface area contributed by atoms with Gasteiger partial charge in [0.1, 0.15) is 0 Å². The summed E-state index contributed by atoms with van der Waals surface area (Å²) in [5.74, 6) is 0. The molecule has 0 spiro atoms. The number of nitrogens with one attached hydrogen (secondary N) is 2. The van der Waals surface area contributed by atoms with Crippen molar-refractivity contribution >= 4 is 11.6 Å². The predicted molar refractivity (Wildman–Crippen MR) is 73.3 cm³/mol. The number of nitrogens with zero attached hydrogens (tertiary/aromatic N) is 1. The molecule has 1 unspecified atom stereocenters. The first-order valence-corrected chi connectivity index (χ1v) is 6.33. The maximum atomic E-state index is 6.04. The molecule has 0 bridgehead atoms. The zero-order valence-electron chi connectivity index (χ0n) is 11.0. The van der Waals surface area contributed by atoms with Crippen LogP contribution < -0.4 is 10.6 Å². The maximum absolute atomic E-state index is 6.04. The summed E-state index contributed by atoms with van der Waals surface area (Å²) in [6.07, 6.45) is 3.44. The second-order valence-corrected chi connectivity index (χ2v) is 5.79. The summed E-state index contributed by atoms with van der Waals surface area (Å²) in [7, 11) is 0. The third kappa shape index (κ3) is 6.01. The first-order valence-electron chi connectivity index (χ1n) is 5.95. The Morgan fingerprint density at radius 2 is 2.12 bits per heavy atom. The summed E-state index contributed by atoms with van der Waals surface area (Å²) in [6, 6.07) is 2.35. The molecule has 3 nitrogen and oxygen atoms in total. The molecular weight excluding hydrogens is 234 g/mol. The van der Waals surface area contributed by atoms with Gasteiger partial charge in [-0.3, -0.25) is 4.98 Å². The highest BCUT2D eigenvalue weighted by atomic mass is 35.5. The van der Waals surface area contributed by atoms with Crippen LogP contribution in [0.25, 0.3) is 0 Å². The molecule has 0 saturated carbocycles. The highest BCUT2D eigenvalue weighted by molar-refractivity contribution is 6.31. The van der Waals surface area contributed by atoms with Gasteiger partial charge in [0.15, 0.2) is 0 Å². The Morgan fingerprint density at radius 3 is 2.71 bits per heavy atom. The van der Waals surface area contributed by atoms with Crippen molar-refractivity contribution in [3.05, 3.63) is 29.0 Å². The molecule has 0 radical (unpaired) electrons. The number of hydrogen-bond donors (Lipinski definition) is 2. The van der Waals surface area contributed by atoms with Crippen molar-refractivity contribution < 1.29 is 0 Å². The van der Waals surface area contributed by atoms with Gasteiger partial charge in [0.05, 0.1) is 5.02 Å². The standard InChI is InChI=1S/C13H22ClN3/c1-10(7-17-13(2,3)4)16-8-11-5-6-15-9-12(11)14/h5-6,9-10,16-17H,7-8H2,1-4H3. The number of hydrogen-bond acceptors (Lipinski definition) is 3. The Balaban J connectivity index is 2.34. The van der Waals surface area contributed by atoms with Crippen molar-refractivity contribution in [2.45, 2.75) is 45.8 Å². The predicted octanol–water partition coefficient (Wildman–Crippen LogP) is 2.60. The van der Waals surface area contributed by atoms with Crippen LogP contribution in [0, 0.1) is 0 Å². The van der Waals surface area contributed by atoms with Crippen molar-refractivity contribution in [3.8, 4) is 0 Å². The van der Waals surface area contributed by atoms with Crippen LogP contribution >= 0.6 is 11.6 Å². The molecule has 1 aromatic heterocycles. The fourth-order valence-electron chi connectivity index (χ4n) is 1.36. The SMILES string of the molecule is CC(CNC(C)(C)C)NCc1ccncc1Cl. The Bertz CT molecular complexity index is 347. The average Bonchev–Trinajstić information content (AvgIpc) is 2.24. The quantitative estimate of drug-likeness (QED) is 0.849. The minimum atomic E-state index is 0.157.